The highest BCUT2D eigenvalue weighted by Gasteiger charge is 2.30. The van der Waals surface area contributed by atoms with Gasteiger partial charge >= 0.3 is 0 Å². The molecular formula is C14H19NO2. The number of hydrogen-bond acceptors (Lipinski definition) is 2. The second-order valence-electron chi connectivity index (χ2n) is 4.81. The second kappa shape index (κ2) is 5.21. The Morgan fingerprint density at radius 1 is 1.41 bits per heavy atom. The van der Waals surface area contributed by atoms with Gasteiger partial charge in [0, 0.05) is 5.92 Å². The molecule has 1 atom stereocenters. The number of aryl methyl sites for hydroxylation is 1. The molecule has 0 saturated heterocycles. The third-order valence-corrected chi connectivity index (χ3v) is 2.86. The highest BCUT2D eigenvalue weighted by Crippen LogP contribution is 2.28. The predicted octanol–water partition coefficient (Wildman–Crippen LogP) is 2.29. The zero-order chi connectivity index (χ0) is 12.3. The molecule has 3 nitrogen and oxygen atoms in total. The minimum atomic E-state index is 0.0596. The molecule has 1 aliphatic rings. The van der Waals surface area contributed by atoms with E-state index in [1.807, 2.05) is 38.1 Å². The number of benzene rings is 1. The molecular weight excluding hydrogens is 214 g/mol. The first kappa shape index (κ1) is 12.0. The Labute approximate surface area is 102 Å². The van der Waals surface area contributed by atoms with Crippen LogP contribution in [0, 0.1) is 12.8 Å². The molecule has 1 fully saturated rings. The summed E-state index contributed by atoms with van der Waals surface area (Å²) in [6, 6.07) is 7.99. The van der Waals surface area contributed by atoms with Gasteiger partial charge in [0.1, 0.15) is 12.4 Å². The Hall–Kier alpha value is -1.51. The predicted molar refractivity (Wildman–Crippen MR) is 67.0 cm³/mol. The van der Waals surface area contributed by atoms with Crippen LogP contribution < -0.4 is 10.1 Å². The van der Waals surface area contributed by atoms with Crippen LogP contribution in [-0.4, -0.2) is 18.6 Å². The largest absolute Gasteiger partial charge is 0.491 e. The summed E-state index contributed by atoms with van der Waals surface area (Å²) < 4.78 is 5.61. The summed E-state index contributed by atoms with van der Waals surface area (Å²) >= 11 is 0. The van der Waals surface area contributed by atoms with Crippen molar-refractivity contribution in [2.75, 3.05) is 6.61 Å². The molecule has 1 amide bonds. The van der Waals surface area contributed by atoms with Crippen molar-refractivity contribution < 1.29 is 9.53 Å². The van der Waals surface area contributed by atoms with E-state index in [2.05, 4.69) is 5.32 Å². The highest BCUT2D eigenvalue weighted by atomic mass is 16.5. The van der Waals surface area contributed by atoms with E-state index < -0.39 is 0 Å². The lowest BCUT2D eigenvalue weighted by atomic mass is 10.2. The lowest BCUT2D eigenvalue weighted by Crippen LogP contribution is -2.37. The average Bonchev–Trinajstić information content (AvgIpc) is 3.12. The Bertz CT molecular complexity index is 382. The van der Waals surface area contributed by atoms with Crippen molar-refractivity contribution in [1.82, 2.24) is 5.32 Å². The van der Waals surface area contributed by atoms with Crippen molar-refractivity contribution in [3.8, 4) is 5.75 Å². The molecule has 1 N–H and O–H groups in total. The smallest absolute Gasteiger partial charge is 0.223 e. The van der Waals surface area contributed by atoms with Gasteiger partial charge in [-0.15, -0.1) is 0 Å². The fraction of sp³-hybridized carbons (Fsp3) is 0.500. The average molecular weight is 233 g/mol. The third-order valence-electron chi connectivity index (χ3n) is 2.86. The molecule has 1 aromatic carbocycles. The van der Waals surface area contributed by atoms with Crippen LogP contribution in [0.4, 0.5) is 0 Å². The van der Waals surface area contributed by atoms with Gasteiger partial charge in [0.05, 0.1) is 6.04 Å². The van der Waals surface area contributed by atoms with E-state index in [0.29, 0.717) is 6.61 Å². The zero-order valence-electron chi connectivity index (χ0n) is 10.4. The van der Waals surface area contributed by atoms with Gasteiger partial charge in [-0.2, -0.15) is 0 Å². The van der Waals surface area contributed by atoms with E-state index in [-0.39, 0.29) is 17.9 Å². The monoisotopic (exact) mass is 233 g/mol. The maximum atomic E-state index is 11.5. The van der Waals surface area contributed by atoms with Crippen molar-refractivity contribution in [2.45, 2.75) is 32.7 Å². The zero-order valence-corrected chi connectivity index (χ0v) is 10.4. The van der Waals surface area contributed by atoms with Crippen molar-refractivity contribution in [2.24, 2.45) is 5.92 Å². The summed E-state index contributed by atoms with van der Waals surface area (Å²) in [6.45, 7) is 4.53. The van der Waals surface area contributed by atoms with E-state index in [1.54, 1.807) is 0 Å². The van der Waals surface area contributed by atoms with Crippen LogP contribution in [0.5, 0.6) is 5.75 Å². The molecule has 1 aliphatic carbocycles. The Balaban J connectivity index is 1.73. The van der Waals surface area contributed by atoms with Crippen LogP contribution in [0.15, 0.2) is 24.3 Å². The van der Waals surface area contributed by atoms with Crippen LogP contribution in [0.3, 0.4) is 0 Å². The van der Waals surface area contributed by atoms with E-state index in [1.165, 1.54) is 5.56 Å². The van der Waals surface area contributed by atoms with Crippen molar-refractivity contribution >= 4 is 5.91 Å². The van der Waals surface area contributed by atoms with Gasteiger partial charge in [0.2, 0.25) is 5.91 Å². The highest BCUT2D eigenvalue weighted by molar-refractivity contribution is 5.81. The van der Waals surface area contributed by atoms with Crippen LogP contribution in [0.25, 0.3) is 0 Å². The molecule has 0 aromatic heterocycles. The van der Waals surface area contributed by atoms with Gasteiger partial charge in [0.15, 0.2) is 0 Å². The number of nitrogens with one attached hydrogen (secondary N) is 1. The van der Waals surface area contributed by atoms with E-state index in [4.69, 9.17) is 4.74 Å². The number of rotatable bonds is 5. The number of carbonyl (C=O) groups excluding carboxylic acids is 1. The van der Waals surface area contributed by atoms with Gasteiger partial charge in [0.25, 0.3) is 0 Å². The fourth-order valence-corrected chi connectivity index (χ4v) is 1.60. The van der Waals surface area contributed by atoms with Crippen molar-refractivity contribution in [1.29, 1.82) is 0 Å². The van der Waals surface area contributed by atoms with Gasteiger partial charge in [-0.1, -0.05) is 17.7 Å². The molecule has 0 radical (unpaired) electrons. The molecule has 0 spiro atoms. The van der Waals surface area contributed by atoms with Crippen molar-refractivity contribution in [3.63, 3.8) is 0 Å². The number of carbonyl (C=O) groups is 1. The fourth-order valence-electron chi connectivity index (χ4n) is 1.60. The number of amides is 1. The molecule has 1 saturated carbocycles. The summed E-state index contributed by atoms with van der Waals surface area (Å²) in [5, 5.41) is 2.96. The summed E-state index contributed by atoms with van der Waals surface area (Å²) in [4.78, 5) is 11.5. The maximum absolute atomic E-state index is 11.5. The van der Waals surface area contributed by atoms with Crippen LogP contribution >= 0.6 is 0 Å². The molecule has 17 heavy (non-hydrogen) atoms. The van der Waals surface area contributed by atoms with E-state index in [9.17, 15) is 4.79 Å². The molecule has 0 bridgehead atoms. The number of ether oxygens (including phenoxy) is 1. The topological polar surface area (TPSA) is 38.3 Å². The standard InChI is InChI=1S/C14H19NO2/c1-10-3-7-13(8-4-10)17-9-11(2)15-14(16)12-5-6-12/h3-4,7-8,11-12H,5-6,9H2,1-2H3,(H,15,16)/t11-/m0/s1. The quantitative estimate of drug-likeness (QED) is 0.847. The first-order valence-corrected chi connectivity index (χ1v) is 6.15. The maximum Gasteiger partial charge on any atom is 0.223 e. The molecule has 92 valence electrons. The Morgan fingerprint density at radius 3 is 2.65 bits per heavy atom. The van der Waals surface area contributed by atoms with Gasteiger partial charge < -0.3 is 10.1 Å². The first-order chi connectivity index (χ1) is 8.15. The van der Waals surface area contributed by atoms with Crippen LogP contribution in [-0.2, 0) is 4.79 Å². The molecule has 3 heteroatoms. The first-order valence-electron chi connectivity index (χ1n) is 6.15. The summed E-state index contributed by atoms with van der Waals surface area (Å²) in [5.41, 5.74) is 1.22. The number of hydrogen-bond donors (Lipinski definition) is 1. The molecule has 2 rings (SSSR count). The lowest BCUT2D eigenvalue weighted by molar-refractivity contribution is -0.123. The minimum Gasteiger partial charge on any atom is -0.491 e. The second-order valence-corrected chi connectivity index (χ2v) is 4.81. The lowest BCUT2D eigenvalue weighted by Gasteiger charge is -2.14. The Kier molecular flexibility index (Phi) is 3.67. The van der Waals surface area contributed by atoms with Gasteiger partial charge in [-0.3, -0.25) is 4.79 Å². The summed E-state index contributed by atoms with van der Waals surface area (Å²) in [7, 11) is 0. The minimum absolute atomic E-state index is 0.0596. The van der Waals surface area contributed by atoms with Crippen LogP contribution in [0.2, 0.25) is 0 Å². The summed E-state index contributed by atoms with van der Waals surface area (Å²) in [6.07, 6.45) is 2.08. The molecule has 0 unspecified atom stereocenters. The molecule has 1 aromatic rings. The van der Waals surface area contributed by atoms with E-state index >= 15 is 0 Å². The van der Waals surface area contributed by atoms with Crippen molar-refractivity contribution in [3.05, 3.63) is 29.8 Å². The molecule has 0 heterocycles. The van der Waals surface area contributed by atoms with E-state index in [0.717, 1.165) is 18.6 Å². The molecule has 0 aliphatic heterocycles. The van der Waals surface area contributed by atoms with Crippen LogP contribution in [0.1, 0.15) is 25.3 Å². The van der Waals surface area contributed by atoms with Gasteiger partial charge in [-0.05, 0) is 38.8 Å². The third kappa shape index (κ3) is 3.77. The van der Waals surface area contributed by atoms with Gasteiger partial charge in [-0.25, -0.2) is 0 Å². The normalized spacial score (nSPS) is 16.4. The SMILES string of the molecule is Cc1ccc(OC[C@H](C)NC(=O)C2CC2)cc1. The summed E-state index contributed by atoms with van der Waals surface area (Å²) in [5.74, 6) is 1.28. The Morgan fingerprint density at radius 2 is 2.06 bits per heavy atom.